The third kappa shape index (κ3) is 3.07. The van der Waals surface area contributed by atoms with Crippen LogP contribution >= 0.6 is 23.4 Å². The van der Waals surface area contributed by atoms with Crippen molar-refractivity contribution in [3.05, 3.63) is 88.6 Å². The second kappa shape index (κ2) is 7.00. The fraction of sp³-hybridized carbons (Fsp3) is 0.0909. The number of aromatic nitrogens is 2. The van der Waals surface area contributed by atoms with E-state index in [1.165, 1.54) is 0 Å². The molecule has 6 heteroatoms. The molecule has 138 valence electrons. The molecule has 4 nitrogen and oxygen atoms in total. The van der Waals surface area contributed by atoms with E-state index < -0.39 is 0 Å². The van der Waals surface area contributed by atoms with Crippen LogP contribution in [0, 0.1) is 0 Å². The molecule has 0 atom stereocenters. The molecule has 0 unspecified atom stereocenters. The second-order valence-electron chi connectivity index (χ2n) is 6.67. The molecule has 5 rings (SSSR count). The van der Waals surface area contributed by atoms with Crippen molar-refractivity contribution in [2.75, 3.05) is 5.32 Å². The topological polar surface area (TPSA) is 46.9 Å². The largest absolute Gasteiger partial charge is 0.306 e. The molecule has 1 aromatic heterocycles. The Kier molecular flexibility index (Phi) is 4.34. The van der Waals surface area contributed by atoms with Gasteiger partial charge in [-0.3, -0.25) is 4.79 Å². The van der Waals surface area contributed by atoms with Crippen LogP contribution in [0.15, 0.2) is 66.7 Å². The van der Waals surface area contributed by atoms with Crippen molar-refractivity contribution >= 4 is 45.9 Å². The van der Waals surface area contributed by atoms with Gasteiger partial charge in [0, 0.05) is 27.7 Å². The Morgan fingerprint density at radius 3 is 2.61 bits per heavy atom. The summed E-state index contributed by atoms with van der Waals surface area (Å²) >= 11 is 7.83. The van der Waals surface area contributed by atoms with Gasteiger partial charge in [0.15, 0.2) is 0 Å². The van der Waals surface area contributed by atoms with E-state index in [2.05, 4.69) is 5.32 Å². The molecule has 1 amide bonds. The van der Waals surface area contributed by atoms with Crippen LogP contribution in [-0.4, -0.2) is 15.7 Å². The summed E-state index contributed by atoms with van der Waals surface area (Å²) in [7, 11) is 0. The van der Waals surface area contributed by atoms with Gasteiger partial charge >= 0.3 is 0 Å². The fourth-order valence-corrected chi connectivity index (χ4v) is 4.58. The van der Waals surface area contributed by atoms with Gasteiger partial charge in [0.05, 0.1) is 11.4 Å². The Morgan fingerprint density at radius 2 is 1.79 bits per heavy atom. The first-order valence-electron chi connectivity index (χ1n) is 8.94. The highest BCUT2D eigenvalue weighted by atomic mass is 35.5. The van der Waals surface area contributed by atoms with Gasteiger partial charge in [-0.25, -0.2) is 4.68 Å². The molecule has 4 aromatic rings. The number of hydrogen-bond acceptors (Lipinski definition) is 3. The number of benzene rings is 3. The summed E-state index contributed by atoms with van der Waals surface area (Å²) in [5, 5.41) is 10.7. The molecule has 0 saturated heterocycles. The first-order chi connectivity index (χ1) is 13.7. The van der Waals surface area contributed by atoms with E-state index in [1.54, 1.807) is 16.4 Å². The highest BCUT2D eigenvalue weighted by molar-refractivity contribution is 7.98. The predicted molar refractivity (Wildman–Crippen MR) is 115 cm³/mol. The summed E-state index contributed by atoms with van der Waals surface area (Å²) in [5.41, 5.74) is 3.61. The van der Waals surface area contributed by atoms with Crippen molar-refractivity contribution in [1.82, 2.24) is 9.78 Å². The molecule has 1 aliphatic rings. The zero-order valence-electron chi connectivity index (χ0n) is 14.9. The zero-order valence-corrected chi connectivity index (χ0v) is 16.4. The molecule has 2 heterocycles. The van der Waals surface area contributed by atoms with Crippen LogP contribution in [-0.2, 0) is 11.5 Å². The lowest BCUT2D eigenvalue weighted by molar-refractivity contribution is 0.102. The van der Waals surface area contributed by atoms with Crippen molar-refractivity contribution in [2.45, 2.75) is 11.5 Å². The number of thioether (sulfide) groups is 1. The minimum atomic E-state index is -0.138. The van der Waals surface area contributed by atoms with Gasteiger partial charge in [-0.2, -0.15) is 16.9 Å². The summed E-state index contributed by atoms with van der Waals surface area (Å²) in [5.74, 6) is 2.30. The Hall–Kier alpha value is -2.76. The van der Waals surface area contributed by atoms with Crippen LogP contribution in [0.25, 0.3) is 16.5 Å². The van der Waals surface area contributed by atoms with Crippen molar-refractivity contribution in [3.63, 3.8) is 0 Å². The first-order valence-corrected chi connectivity index (χ1v) is 10.5. The molecule has 0 aliphatic carbocycles. The van der Waals surface area contributed by atoms with E-state index in [4.69, 9.17) is 16.7 Å². The highest BCUT2D eigenvalue weighted by Crippen LogP contribution is 2.36. The molecule has 0 fully saturated rings. The summed E-state index contributed by atoms with van der Waals surface area (Å²) in [6, 6.07) is 21.2. The third-order valence-corrected chi connectivity index (χ3v) is 6.09. The minimum absolute atomic E-state index is 0.138. The normalized spacial score (nSPS) is 12.9. The van der Waals surface area contributed by atoms with Crippen LogP contribution < -0.4 is 5.32 Å². The van der Waals surface area contributed by atoms with Crippen molar-refractivity contribution in [2.24, 2.45) is 0 Å². The number of nitrogens with one attached hydrogen (secondary N) is 1. The first kappa shape index (κ1) is 17.3. The number of amides is 1. The van der Waals surface area contributed by atoms with E-state index in [-0.39, 0.29) is 5.91 Å². The maximum Gasteiger partial charge on any atom is 0.256 e. The summed E-state index contributed by atoms with van der Waals surface area (Å²) in [6.45, 7) is 0. The second-order valence-corrected chi connectivity index (χ2v) is 8.09. The maximum absolute atomic E-state index is 13.0. The molecule has 0 spiro atoms. The smallest absolute Gasteiger partial charge is 0.256 e. The molecule has 1 aliphatic heterocycles. The number of nitrogens with zero attached hydrogens (tertiary/aromatic N) is 2. The standard InChI is InChI=1S/C22H16ClN3OS/c23-17-7-9-18(10-8-17)26-21(19-12-28-13-20(19)25-26)24-22(27)16-6-5-14-3-1-2-4-15(14)11-16/h1-11H,12-13H2,(H,24,27). The molecule has 0 bridgehead atoms. The molecule has 1 N–H and O–H groups in total. The number of fused-ring (bicyclic) bond motifs is 2. The minimum Gasteiger partial charge on any atom is -0.306 e. The third-order valence-electron chi connectivity index (χ3n) is 4.87. The lowest BCUT2D eigenvalue weighted by atomic mass is 10.1. The molecular formula is C22H16ClN3OS. The molecule has 0 radical (unpaired) electrons. The van der Waals surface area contributed by atoms with Crippen LogP contribution in [0.2, 0.25) is 5.02 Å². The molecular weight excluding hydrogens is 390 g/mol. The van der Waals surface area contributed by atoms with Crippen LogP contribution in [0.4, 0.5) is 5.82 Å². The van der Waals surface area contributed by atoms with Crippen LogP contribution in [0.1, 0.15) is 21.6 Å². The van der Waals surface area contributed by atoms with Crippen LogP contribution in [0.3, 0.4) is 0 Å². The Morgan fingerprint density at radius 1 is 1.00 bits per heavy atom. The number of hydrogen-bond donors (Lipinski definition) is 1. The van der Waals surface area contributed by atoms with E-state index in [9.17, 15) is 4.79 Å². The van der Waals surface area contributed by atoms with Crippen molar-refractivity contribution in [1.29, 1.82) is 0 Å². The molecule has 28 heavy (non-hydrogen) atoms. The Bertz CT molecular complexity index is 1200. The van der Waals surface area contributed by atoms with Gasteiger partial charge in [-0.05, 0) is 47.2 Å². The summed E-state index contributed by atoms with van der Waals surface area (Å²) < 4.78 is 1.81. The van der Waals surface area contributed by atoms with Crippen LogP contribution in [0.5, 0.6) is 0 Å². The number of anilines is 1. The molecule has 0 saturated carbocycles. The van der Waals surface area contributed by atoms with Gasteiger partial charge in [0.1, 0.15) is 5.82 Å². The monoisotopic (exact) mass is 405 g/mol. The van der Waals surface area contributed by atoms with E-state index >= 15 is 0 Å². The van der Waals surface area contributed by atoms with Crippen molar-refractivity contribution in [3.8, 4) is 5.69 Å². The number of carbonyl (C=O) groups is 1. The molecule has 3 aromatic carbocycles. The average Bonchev–Trinajstić information content (AvgIpc) is 3.31. The Labute approximate surface area is 171 Å². The summed E-state index contributed by atoms with van der Waals surface area (Å²) in [6.07, 6.45) is 0. The van der Waals surface area contributed by atoms with E-state index in [1.807, 2.05) is 66.7 Å². The number of halogens is 1. The number of rotatable bonds is 3. The van der Waals surface area contributed by atoms with Crippen molar-refractivity contribution < 1.29 is 4.79 Å². The lowest BCUT2D eigenvalue weighted by Crippen LogP contribution is -2.16. The summed E-state index contributed by atoms with van der Waals surface area (Å²) in [4.78, 5) is 13.0. The van der Waals surface area contributed by atoms with Gasteiger partial charge in [-0.1, -0.05) is 41.9 Å². The lowest BCUT2D eigenvalue weighted by Gasteiger charge is -2.11. The average molecular weight is 406 g/mol. The van der Waals surface area contributed by atoms with E-state index in [0.717, 1.165) is 45.0 Å². The van der Waals surface area contributed by atoms with Gasteiger partial charge in [-0.15, -0.1) is 0 Å². The van der Waals surface area contributed by atoms with E-state index in [0.29, 0.717) is 10.6 Å². The zero-order chi connectivity index (χ0) is 19.1. The van der Waals surface area contributed by atoms with Gasteiger partial charge in [0.25, 0.3) is 5.91 Å². The van der Waals surface area contributed by atoms with Gasteiger partial charge < -0.3 is 5.32 Å². The fourth-order valence-electron chi connectivity index (χ4n) is 3.42. The predicted octanol–water partition coefficient (Wildman–Crippen LogP) is 5.68. The quantitative estimate of drug-likeness (QED) is 0.477. The number of carbonyl (C=O) groups excluding carboxylic acids is 1. The highest BCUT2D eigenvalue weighted by Gasteiger charge is 2.25. The Balaban J connectivity index is 1.53. The van der Waals surface area contributed by atoms with Gasteiger partial charge in [0.2, 0.25) is 0 Å². The maximum atomic E-state index is 13.0. The SMILES string of the molecule is O=C(Nc1c2c(nn1-c1ccc(Cl)cc1)CSC2)c1ccc2ccccc2c1.